The second-order valence-corrected chi connectivity index (χ2v) is 7.15. The van der Waals surface area contributed by atoms with Gasteiger partial charge in [0.1, 0.15) is 5.82 Å². The van der Waals surface area contributed by atoms with E-state index >= 15 is 0 Å². The zero-order chi connectivity index (χ0) is 15.8. The first kappa shape index (κ1) is 14.9. The van der Waals surface area contributed by atoms with E-state index in [4.69, 9.17) is 0 Å². The zero-order valence-electron chi connectivity index (χ0n) is 12.7. The molecule has 1 atom stereocenters. The molecule has 0 aromatic heterocycles. The van der Waals surface area contributed by atoms with E-state index in [1.807, 2.05) is 0 Å². The lowest BCUT2D eigenvalue weighted by molar-refractivity contribution is -0.113. The maximum absolute atomic E-state index is 13.3. The van der Waals surface area contributed by atoms with E-state index in [0.717, 1.165) is 24.8 Å². The average Bonchev–Trinajstić information content (AvgIpc) is 3.14. The first-order valence-corrected chi connectivity index (χ1v) is 8.78. The Balaban J connectivity index is 1.48. The molecule has 2 saturated heterocycles. The highest BCUT2D eigenvalue weighted by atomic mass is 32.2. The van der Waals surface area contributed by atoms with Gasteiger partial charge in [0.25, 0.3) is 5.91 Å². The number of amides is 1. The number of carbonyl (C=O) groups excluding carboxylic acids is 1. The summed E-state index contributed by atoms with van der Waals surface area (Å²) >= 11 is 1.41. The fourth-order valence-electron chi connectivity index (χ4n) is 3.45. The number of halogens is 1. The van der Waals surface area contributed by atoms with Crippen molar-refractivity contribution in [1.82, 2.24) is 9.80 Å². The summed E-state index contributed by atoms with van der Waals surface area (Å²) < 4.78 is 13.3. The Hall–Kier alpha value is -1.66. The normalized spacial score (nSPS) is 26.7. The van der Waals surface area contributed by atoms with Crippen molar-refractivity contribution >= 4 is 28.9 Å². The Kier molecular flexibility index (Phi) is 3.95. The van der Waals surface area contributed by atoms with Gasteiger partial charge in [-0.1, -0.05) is 12.1 Å². The van der Waals surface area contributed by atoms with E-state index in [1.54, 1.807) is 18.2 Å². The molecule has 0 saturated carbocycles. The number of carbonyl (C=O) groups is 1. The van der Waals surface area contributed by atoms with Crippen molar-refractivity contribution in [3.8, 4) is 0 Å². The lowest BCUT2D eigenvalue weighted by Gasteiger charge is -2.38. The Morgan fingerprint density at radius 1 is 1.30 bits per heavy atom. The fourth-order valence-corrected chi connectivity index (χ4v) is 4.39. The van der Waals surface area contributed by atoms with Gasteiger partial charge in [-0.3, -0.25) is 9.69 Å². The predicted molar refractivity (Wildman–Crippen MR) is 90.6 cm³/mol. The molecule has 23 heavy (non-hydrogen) atoms. The van der Waals surface area contributed by atoms with E-state index in [2.05, 4.69) is 14.8 Å². The molecule has 3 heterocycles. The van der Waals surface area contributed by atoms with Gasteiger partial charge < -0.3 is 4.90 Å². The number of amidine groups is 1. The largest absolute Gasteiger partial charge is 0.348 e. The first-order valence-electron chi connectivity index (χ1n) is 7.96. The third-order valence-electron chi connectivity index (χ3n) is 4.61. The van der Waals surface area contributed by atoms with Crippen LogP contribution in [0.5, 0.6) is 0 Å². The fraction of sp³-hybridized carbons (Fsp3) is 0.412. The van der Waals surface area contributed by atoms with Crippen molar-refractivity contribution < 1.29 is 9.18 Å². The second-order valence-electron chi connectivity index (χ2n) is 6.14. The van der Waals surface area contributed by atoms with Crippen molar-refractivity contribution in [1.29, 1.82) is 0 Å². The smallest absolute Gasteiger partial charge is 0.286 e. The van der Waals surface area contributed by atoms with Crippen LogP contribution in [0.1, 0.15) is 18.4 Å². The molecule has 1 amide bonds. The maximum Gasteiger partial charge on any atom is 0.286 e. The van der Waals surface area contributed by atoms with Crippen LogP contribution in [0.3, 0.4) is 0 Å². The molecule has 0 N–H and O–H groups in total. The summed E-state index contributed by atoms with van der Waals surface area (Å²) in [5, 5.41) is 0.796. The molecular formula is C17H18FN3OS. The lowest BCUT2D eigenvalue weighted by Crippen LogP contribution is -2.51. The first-order chi connectivity index (χ1) is 11.2. The number of hydrogen-bond donors (Lipinski definition) is 0. The number of thioether (sulfide) groups is 1. The highest BCUT2D eigenvalue weighted by Gasteiger charge is 2.34. The van der Waals surface area contributed by atoms with Crippen molar-refractivity contribution in [2.75, 3.05) is 26.2 Å². The van der Waals surface area contributed by atoms with Gasteiger partial charge in [-0.25, -0.2) is 4.39 Å². The number of nitrogens with zero attached hydrogens (tertiary/aromatic N) is 3. The van der Waals surface area contributed by atoms with Gasteiger partial charge in [-0.05, 0) is 54.9 Å². The van der Waals surface area contributed by atoms with Gasteiger partial charge >= 0.3 is 0 Å². The summed E-state index contributed by atoms with van der Waals surface area (Å²) in [5.41, 5.74) is 0.693. The van der Waals surface area contributed by atoms with Crippen molar-refractivity contribution in [3.63, 3.8) is 0 Å². The molecule has 3 aliphatic heterocycles. The van der Waals surface area contributed by atoms with Gasteiger partial charge in [0.15, 0.2) is 5.17 Å². The molecule has 3 aliphatic rings. The Bertz CT molecular complexity index is 703. The standard InChI is InChI=1S/C17H18FN3OS/c18-13-4-1-3-12(9-13)10-15-16(22)19-17(23-15)21-8-7-20-6-2-5-14(20)11-21/h1,3-4,9-10,14H,2,5-8,11H2. The summed E-state index contributed by atoms with van der Waals surface area (Å²) in [7, 11) is 0. The highest BCUT2D eigenvalue weighted by molar-refractivity contribution is 8.18. The van der Waals surface area contributed by atoms with Crippen LogP contribution in [-0.2, 0) is 4.79 Å². The van der Waals surface area contributed by atoms with Gasteiger partial charge in [0.05, 0.1) is 4.91 Å². The van der Waals surface area contributed by atoms with E-state index in [1.165, 1.54) is 43.3 Å². The minimum atomic E-state index is -0.298. The van der Waals surface area contributed by atoms with Crippen LogP contribution in [0, 0.1) is 5.82 Å². The number of rotatable bonds is 1. The van der Waals surface area contributed by atoms with Crippen LogP contribution < -0.4 is 0 Å². The third kappa shape index (κ3) is 3.05. The lowest BCUT2D eigenvalue weighted by atomic mass is 10.2. The molecule has 0 radical (unpaired) electrons. The molecule has 1 aromatic carbocycles. The summed E-state index contributed by atoms with van der Waals surface area (Å²) in [6.07, 6.45) is 4.22. The molecule has 0 aliphatic carbocycles. The highest BCUT2D eigenvalue weighted by Crippen LogP contribution is 2.32. The molecule has 6 heteroatoms. The molecule has 2 fully saturated rings. The molecular weight excluding hydrogens is 313 g/mol. The van der Waals surface area contributed by atoms with Crippen molar-refractivity contribution in [2.45, 2.75) is 18.9 Å². The van der Waals surface area contributed by atoms with E-state index in [9.17, 15) is 9.18 Å². The maximum atomic E-state index is 13.3. The SMILES string of the molecule is O=C1N=C(N2CCN3CCCC3C2)SC1=Cc1cccc(F)c1. The zero-order valence-corrected chi connectivity index (χ0v) is 13.6. The quantitative estimate of drug-likeness (QED) is 0.741. The van der Waals surface area contributed by atoms with Gasteiger partial charge in [0.2, 0.25) is 0 Å². The predicted octanol–water partition coefficient (Wildman–Crippen LogP) is 2.58. The number of fused-ring (bicyclic) bond motifs is 1. The van der Waals surface area contributed by atoms with Crippen molar-refractivity contribution in [3.05, 3.63) is 40.6 Å². The van der Waals surface area contributed by atoms with Gasteiger partial charge in [-0.15, -0.1) is 0 Å². The van der Waals surface area contributed by atoms with Crippen LogP contribution in [0.25, 0.3) is 6.08 Å². The topological polar surface area (TPSA) is 35.9 Å². The summed E-state index contributed by atoms with van der Waals surface area (Å²) in [4.78, 5) is 21.7. The molecule has 120 valence electrons. The van der Waals surface area contributed by atoms with Gasteiger partial charge in [-0.2, -0.15) is 4.99 Å². The van der Waals surface area contributed by atoms with Crippen LogP contribution in [0.4, 0.5) is 4.39 Å². The van der Waals surface area contributed by atoms with Gasteiger partial charge in [0, 0.05) is 25.7 Å². The van der Waals surface area contributed by atoms with Crippen LogP contribution in [-0.4, -0.2) is 53.1 Å². The molecule has 4 nitrogen and oxygen atoms in total. The molecule has 0 spiro atoms. The van der Waals surface area contributed by atoms with E-state index in [-0.39, 0.29) is 11.7 Å². The van der Waals surface area contributed by atoms with Crippen LogP contribution >= 0.6 is 11.8 Å². The number of piperazine rings is 1. The Morgan fingerprint density at radius 3 is 3.09 bits per heavy atom. The van der Waals surface area contributed by atoms with Crippen LogP contribution in [0.15, 0.2) is 34.2 Å². The molecule has 0 bridgehead atoms. The molecule has 1 aromatic rings. The number of hydrogen-bond acceptors (Lipinski definition) is 4. The molecule has 4 rings (SSSR count). The summed E-state index contributed by atoms with van der Waals surface area (Å²) in [6.45, 7) is 4.11. The molecule has 1 unspecified atom stereocenters. The van der Waals surface area contributed by atoms with E-state index < -0.39 is 0 Å². The second kappa shape index (κ2) is 6.09. The minimum Gasteiger partial charge on any atom is -0.348 e. The van der Waals surface area contributed by atoms with Crippen molar-refractivity contribution in [2.24, 2.45) is 4.99 Å². The average molecular weight is 331 g/mol. The monoisotopic (exact) mass is 331 g/mol. The van der Waals surface area contributed by atoms with Crippen LogP contribution in [0.2, 0.25) is 0 Å². The number of benzene rings is 1. The summed E-state index contributed by atoms with van der Waals surface area (Å²) in [6, 6.07) is 6.86. The Morgan fingerprint density at radius 2 is 2.22 bits per heavy atom. The Labute approximate surface area is 139 Å². The third-order valence-corrected chi connectivity index (χ3v) is 5.66. The minimum absolute atomic E-state index is 0.219. The summed E-state index contributed by atoms with van der Waals surface area (Å²) in [5.74, 6) is -0.517. The van der Waals surface area contributed by atoms with E-state index in [0.29, 0.717) is 16.5 Å². The number of aliphatic imine (C=N–C) groups is 1.